The Kier molecular flexibility index (Phi) is 3.99. The van der Waals surface area contributed by atoms with Crippen molar-refractivity contribution in [3.05, 3.63) is 69.6 Å². The highest BCUT2D eigenvalue weighted by Gasteiger charge is 2.34. The summed E-state index contributed by atoms with van der Waals surface area (Å²) in [5, 5.41) is 9.29. The molecule has 2 heterocycles. The van der Waals surface area contributed by atoms with Crippen LogP contribution in [0.3, 0.4) is 0 Å². The summed E-state index contributed by atoms with van der Waals surface area (Å²) < 4.78 is 46.2. The molecule has 0 atom stereocenters. The number of aromatic nitrogens is 1. The number of nitrogens with zero attached hydrogens (tertiary/aromatic N) is 1. The Balaban J connectivity index is 2.26. The normalized spacial score (nSPS) is 16.0. The molecule has 1 N–H and O–H groups in total. The van der Waals surface area contributed by atoms with Gasteiger partial charge >= 0.3 is 6.18 Å². The lowest BCUT2D eigenvalue weighted by molar-refractivity contribution is -0.137. The summed E-state index contributed by atoms with van der Waals surface area (Å²) >= 11 is 0. The third-order valence-corrected chi connectivity index (χ3v) is 3.85. The molecule has 0 amide bonds. The molecule has 1 aliphatic heterocycles. The molecule has 3 rings (SSSR count). The molecule has 4 nitrogen and oxygen atoms in total. The van der Waals surface area contributed by atoms with Crippen LogP contribution in [-0.2, 0) is 12.8 Å². The van der Waals surface area contributed by atoms with Gasteiger partial charge in [-0.2, -0.15) is 13.2 Å². The van der Waals surface area contributed by atoms with Gasteiger partial charge < -0.3 is 9.84 Å². The molecular formula is C18H16F3NO3. The van der Waals surface area contributed by atoms with E-state index in [1.807, 2.05) is 0 Å². The van der Waals surface area contributed by atoms with Gasteiger partial charge in [0.1, 0.15) is 11.4 Å². The lowest BCUT2D eigenvalue weighted by atomic mass is 9.97. The number of pyridine rings is 1. The molecule has 0 aliphatic carbocycles. The maximum atomic E-state index is 13.1. The van der Waals surface area contributed by atoms with Crippen LogP contribution in [0.2, 0.25) is 0 Å². The SMILES string of the molecule is CC1(C)C=C(n2cc(CO)ccc2=O)c2cc(C(F)(F)F)ccc2O1. The lowest BCUT2D eigenvalue weighted by Crippen LogP contribution is -2.32. The van der Waals surface area contributed by atoms with Crippen LogP contribution < -0.4 is 10.3 Å². The van der Waals surface area contributed by atoms with Crippen LogP contribution in [-0.4, -0.2) is 15.3 Å². The average Bonchev–Trinajstić information content (AvgIpc) is 2.52. The third kappa shape index (κ3) is 3.32. The molecule has 0 saturated heterocycles. The van der Waals surface area contributed by atoms with Gasteiger partial charge in [0.05, 0.1) is 17.9 Å². The number of ether oxygens (including phenoxy) is 1. The largest absolute Gasteiger partial charge is 0.483 e. The Hall–Kier alpha value is -2.54. The van der Waals surface area contributed by atoms with Crippen molar-refractivity contribution in [3.63, 3.8) is 0 Å². The Morgan fingerprint density at radius 3 is 2.56 bits per heavy atom. The number of rotatable bonds is 2. The fraction of sp³-hybridized carbons (Fsp3) is 0.278. The van der Waals surface area contributed by atoms with Crippen LogP contribution in [0, 0.1) is 0 Å². The Bertz CT molecular complexity index is 911. The van der Waals surface area contributed by atoms with Crippen LogP contribution in [0.4, 0.5) is 13.2 Å². The molecule has 2 aromatic rings. The zero-order valence-corrected chi connectivity index (χ0v) is 13.6. The van der Waals surface area contributed by atoms with Crippen molar-refractivity contribution in [3.8, 4) is 5.75 Å². The van der Waals surface area contributed by atoms with E-state index in [9.17, 15) is 23.1 Å². The van der Waals surface area contributed by atoms with Gasteiger partial charge in [0.2, 0.25) is 0 Å². The topological polar surface area (TPSA) is 51.5 Å². The fourth-order valence-electron chi connectivity index (χ4n) is 2.73. The highest BCUT2D eigenvalue weighted by atomic mass is 19.4. The summed E-state index contributed by atoms with van der Waals surface area (Å²) in [5.74, 6) is 0.261. The van der Waals surface area contributed by atoms with Gasteiger partial charge in [-0.15, -0.1) is 0 Å². The minimum absolute atomic E-state index is 0.173. The minimum atomic E-state index is -4.51. The molecule has 7 heteroatoms. The summed E-state index contributed by atoms with van der Waals surface area (Å²) in [6.07, 6.45) is -1.50. The number of fused-ring (bicyclic) bond motifs is 1. The molecule has 1 aliphatic rings. The maximum absolute atomic E-state index is 13.1. The monoisotopic (exact) mass is 351 g/mol. The Labute approximate surface area is 141 Å². The summed E-state index contributed by atoms with van der Waals surface area (Å²) in [6.45, 7) is 3.20. The summed E-state index contributed by atoms with van der Waals surface area (Å²) in [6, 6.07) is 5.91. The Morgan fingerprint density at radius 2 is 1.92 bits per heavy atom. The second kappa shape index (κ2) is 5.77. The molecule has 0 unspecified atom stereocenters. The highest BCUT2D eigenvalue weighted by Crippen LogP contribution is 2.40. The number of halogens is 3. The molecule has 25 heavy (non-hydrogen) atoms. The van der Waals surface area contributed by atoms with Crippen molar-refractivity contribution >= 4 is 5.70 Å². The lowest BCUT2D eigenvalue weighted by Gasteiger charge is -2.32. The van der Waals surface area contributed by atoms with Crippen LogP contribution in [0.15, 0.2) is 47.4 Å². The van der Waals surface area contributed by atoms with Gasteiger partial charge in [0.15, 0.2) is 0 Å². The van der Waals surface area contributed by atoms with E-state index in [4.69, 9.17) is 4.74 Å². The van der Waals surface area contributed by atoms with Crippen molar-refractivity contribution in [1.82, 2.24) is 4.57 Å². The Morgan fingerprint density at radius 1 is 1.20 bits per heavy atom. The zero-order valence-electron chi connectivity index (χ0n) is 13.6. The van der Waals surface area contributed by atoms with Crippen LogP contribution in [0.5, 0.6) is 5.75 Å². The first kappa shape index (κ1) is 17.3. The van der Waals surface area contributed by atoms with Gasteiger partial charge in [0, 0.05) is 17.8 Å². The first-order valence-corrected chi connectivity index (χ1v) is 7.57. The van der Waals surface area contributed by atoms with E-state index in [1.165, 1.54) is 29.0 Å². The molecule has 0 fully saturated rings. The average molecular weight is 351 g/mol. The number of benzene rings is 1. The number of aliphatic hydroxyl groups excluding tert-OH is 1. The van der Waals surface area contributed by atoms with Gasteiger partial charge in [-0.3, -0.25) is 9.36 Å². The second-order valence-corrected chi connectivity index (χ2v) is 6.35. The van der Waals surface area contributed by atoms with Crippen LogP contribution in [0.1, 0.15) is 30.5 Å². The number of hydrogen-bond donors (Lipinski definition) is 1. The molecule has 0 spiro atoms. The van der Waals surface area contributed by atoms with Gasteiger partial charge in [-0.05, 0) is 49.8 Å². The van der Waals surface area contributed by atoms with E-state index in [-0.39, 0.29) is 23.6 Å². The van der Waals surface area contributed by atoms with Crippen molar-refractivity contribution < 1.29 is 23.0 Å². The smallest absolute Gasteiger partial charge is 0.416 e. The second-order valence-electron chi connectivity index (χ2n) is 6.35. The van der Waals surface area contributed by atoms with Crippen molar-refractivity contribution in [2.75, 3.05) is 0 Å². The number of aliphatic hydroxyl groups is 1. The number of alkyl halides is 3. The summed E-state index contributed by atoms with van der Waals surface area (Å²) in [4.78, 5) is 12.3. The van der Waals surface area contributed by atoms with Crippen LogP contribution >= 0.6 is 0 Å². The zero-order chi connectivity index (χ0) is 18.4. The molecule has 1 aromatic heterocycles. The van der Waals surface area contributed by atoms with E-state index < -0.39 is 22.9 Å². The van der Waals surface area contributed by atoms with Gasteiger partial charge in [-0.25, -0.2) is 0 Å². The molecule has 0 saturated carbocycles. The molecule has 1 aromatic carbocycles. The fourth-order valence-corrected chi connectivity index (χ4v) is 2.73. The van der Waals surface area contributed by atoms with E-state index >= 15 is 0 Å². The molecule has 0 radical (unpaired) electrons. The van der Waals surface area contributed by atoms with Crippen LogP contribution in [0.25, 0.3) is 5.70 Å². The van der Waals surface area contributed by atoms with Crippen molar-refractivity contribution in [2.24, 2.45) is 0 Å². The summed E-state index contributed by atoms with van der Waals surface area (Å²) in [5.41, 5.74) is -1.12. The predicted octanol–water partition coefficient (Wildman–Crippen LogP) is 3.42. The van der Waals surface area contributed by atoms with Gasteiger partial charge in [-0.1, -0.05) is 0 Å². The highest BCUT2D eigenvalue weighted by molar-refractivity contribution is 5.74. The minimum Gasteiger partial charge on any atom is -0.483 e. The van der Waals surface area contributed by atoms with Crippen molar-refractivity contribution in [2.45, 2.75) is 32.2 Å². The van der Waals surface area contributed by atoms with Gasteiger partial charge in [0.25, 0.3) is 5.56 Å². The standard InChI is InChI=1S/C18H16F3NO3/c1-17(2)8-14(22-9-11(10-23)3-6-16(22)24)13-7-12(18(19,20)21)4-5-15(13)25-17/h3-9,23H,10H2,1-2H3. The first-order valence-electron chi connectivity index (χ1n) is 7.57. The molecule has 0 bridgehead atoms. The third-order valence-electron chi connectivity index (χ3n) is 3.85. The maximum Gasteiger partial charge on any atom is 0.416 e. The quantitative estimate of drug-likeness (QED) is 0.902. The van der Waals surface area contributed by atoms with E-state index in [1.54, 1.807) is 19.9 Å². The van der Waals surface area contributed by atoms with E-state index in [0.29, 0.717) is 5.56 Å². The predicted molar refractivity (Wildman–Crippen MR) is 86.2 cm³/mol. The van der Waals surface area contributed by atoms with E-state index in [0.717, 1.165) is 12.1 Å². The first-order chi connectivity index (χ1) is 11.6. The molecular weight excluding hydrogens is 335 g/mol. The number of hydrogen-bond acceptors (Lipinski definition) is 3. The van der Waals surface area contributed by atoms with Crippen molar-refractivity contribution in [1.29, 1.82) is 0 Å². The molecule has 132 valence electrons. The summed E-state index contributed by atoms with van der Waals surface area (Å²) in [7, 11) is 0. The van der Waals surface area contributed by atoms with E-state index in [2.05, 4.69) is 0 Å².